The minimum Gasteiger partial charge on any atom is -0.344 e. The minimum absolute atomic E-state index is 0.0491. The average Bonchev–Trinajstić information content (AvgIpc) is 2.99. The molecule has 1 amide bonds. The van der Waals surface area contributed by atoms with Crippen molar-refractivity contribution in [3.8, 4) is 0 Å². The summed E-state index contributed by atoms with van der Waals surface area (Å²) in [4.78, 5) is 27.3. The second-order valence-electron chi connectivity index (χ2n) is 4.70. The highest BCUT2D eigenvalue weighted by atomic mass is 32.2. The molecule has 5 nitrogen and oxygen atoms in total. The van der Waals surface area contributed by atoms with Crippen molar-refractivity contribution in [2.24, 2.45) is 0 Å². The van der Waals surface area contributed by atoms with Gasteiger partial charge in [-0.25, -0.2) is 13.8 Å². The summed E-state index contributed by atoms with van der Waals surface area (Å²) >= 11 is 1.20. The van der Waals surface area contributed by atoms with Gasteiger partial charge in [-0.3, -0.25) is 9.59 Å². The van der Waals surface area contributed by atoms with Gasteiger partial charge in [-0.15, -0.1) is 0 Å². The number of hydrogen-bond donors (Lipinski definition) is 1. The van der Waals surface area contributed by atoms with Gasteiger partial charge in [0.05, 0.1) is 23.4 Å². The molecule has 2 heterocycles. The summed E-state index contributed by atoms with van der Waals surface area (Å²) in [6.07, 6.45) is 1.95. The number of carbonyl (C=O) groups excluding carboxylic acids is 2. The van der Waals surface area contributed by atoms with Crippen molar-refractivity contribution in [2.45, 2.75) is 19.0 Å². The molecule has 21 heavy (non-hydrogen) atoms. The number of rotatable bonds is 3. The number of amides is 1. The predicted molar refractivity (Wildman–Crippen MR) is 73.7 cm³/mol. The van der Waals surface area contributed by atoms with Crippen LogP contribution < -0.4 is 5.32 Å². The van der Waals surface area contributed by atoms with Crippen LogP contribution in [0.5, 0.6) is 0 Å². The lowest BCUT2D eigenvalue weighted by Gasteiger charge is -2.10. The van der Waals surface area contributed by atoms with E-state index in [-0.39, 0.29) is 23.1 Å². The summed E-state index contributed by atoms with van der Waals surface area (Å²) in [5, 5.41) is 2.58. The van der Waals surface area contributed by atoms with Crippen LogP contribution in [0.4, 0.5) is 8.78 Å². The monoisotopic (exact) mass is 311 g/mol. The fourth-order valence-electron chi connectivity index (χ4n) is 2.20. The van der Waals surface area contributed by atoms with E-state index in [2.05, 4.69) is 10.3 Å². The van der Waals surface area contributed by atoms with Crippen LogP contribution in [0, 0.1) is 11.6 Å². The van der Waals surface area contributed by atoms with Gasteiger partial charge in [0.1, 0.15) is 6.54 Å². The molecule has 1 saturated heterocycles. The molecule has 1 aromatic heterocycles. The Balaban J connectivity index is 1.77. The molecule has 0 spiro atoms. The zero-order valence-corrected chi connectivity index (χ0v) is 11.6. The van der Waals surface area contributed by atoms with E-state index < -0.39 is 17.7 Å². The van der Waals surface area contributed by atoms with E-state index in [4.69, 9.17) is 0 Å². The van der Waals surface area contributed by atoms with E-state index in [0.29, 0.717) is 17.7 Å². The van der Waals surface area contributed by atoms with Crippen LogP contribution in [0.1, 0.15) is 6.42 Å². The number of aromatic nitrogens is 2. The fourth-order valence-corrected chi connectivity index (χ4v) is 3.13. The number of benzene rings is 1. The molecule has 3 rings (SSSR count). The van der Waals surface area contributed by atoms with Gasteiger partial charge in [-0.05, 0) is 6.42 Å². The molecule has 2 aromatic rings. The third-order valence-electron chi connectivity index (χ3n) is 3.25. The van der Waals surface area contributed by atoms with Gasteiger partial charge in [0.2, 0.25) is 11.0 Å². The molecule has 1 N–H and O–H groups in total. The number of halogens is 2. The molecule has 0 saturated carbocycles. The topological polar surface area (TPSA) is 64.0 Å². The third-order valence-corrected chi connectivity index (χ3v) is 4.26. The molecule has 0 bridgehead atoms. The Labute approximate surface area is 122 Å². The Bertz CT molecular complexity index is 732. The van der Waals surface area contributed by atoms with Crippen molar-refractivity contribution in [3.05, 3.63) is 30.1 Å². The first-order valence-corrected chi connectivity index (χ1v) is 7.29. The number of imidazole rings is 1. The molecule has 1 aliphatic rings. The highest BCUT2D eigenvalue weighted by molar-refractivity contribution is 8.14. The summed E-state index contributed by atoms with van der Waals surface area (Å²) in [6.45, 7) is -0.101. The van der Waals surface area contributed by atoms with E-state index in [1.165, 1.54) is 22.7 Å². The van der Waals surface area contributed by atoms with E-state index in [1.807, 2.05) is 0 Å². The van der Waals surface area contributed by atoms with Gasteiger partial charge in [0.25, 0.3) is 0 Å². The van der Waals surface area contributed by atoms with E-state index >= 15 is 0 Å². The number of thioether (sulfide) groups is 1. The number of nitrogens with zero attached hydrogens (tertiary/aromatic N) is 2. The molecular weight excluding hydrogens is 300 g/mol. The summed E-state index contributed by atoms with van der Waals surface area (Å²) in [7, 11) is 0. The van der Waals surface area contributed by atoms with Gasteiger partial charge in [-0.1, -0.05) is 11.8 Å². The Morgan fingerprint density at radius 2 is 2.19 bits per heavy atom. The standard InChI is InChI=1S/C13H11F2N3O2S/c14-7-3-10-11(4-8(7)15)18(6-16-10)5-12(19)17-9-1-2-21-13(9)20/h3-4,6,9H,1-2,5H2,(H,17,19)/t9-/m1/s1. The van der Waals surface area contributed by atoms with Gasteiger partial charge in [0, 0.05) is 17.9 Å². The maximum absolute atomic E-state index is 13.3. The molecule has 1 aliphatic heterocycles. The molecule has 1 atom stereocenters. The summed E-state index contributed by atoms with van der Waals surface area (Å²) < 4.78 is 27.8. The van der Waals surface area contributed by atoms with E-state index in [0.717, 1.165) is 12.1 Å². The SMILES string of the molecule is O=C(Cn1cnc2cc(F)c(F)cc21)N[C@@H]1CCSC1=O. The number of hydrogen-bond acceptors (Lipinski definition) is 4. The van der Waals surface area contributed by atoms with Crippen LogP contribution in [-0.4, -0.2) is 32.4 Å². The van der Waals surface area contributed by atoms with Crippen LogP contribution in [0.3, 0.4) is 0 Å². The highest BCUT2D eigenvalue weighted by Crippen LogP contribution is 2.20. The lowest BCUT2D eigenvalue weighted by atomic mass is 10.2. The first-order valence-electron chi connectivity index (χ1n) is 6.30. The van der Waals surface area contributed by atoms with Crippen LogP contribution in [0.15, 0.2) is 18.5 Å². The van der Waals surface area contributed by atoms with E-state index in [1.54, 1.807) is 0 Å². The predicted octanol–water partition coefficient (Wildman–Crippen LogP) is 1.46. The molecule has 1 aromatic carbocycles. The van der Waals surface area contributed by atoms with Crippen LogP contribution in [0.2, 0.25) is 0 Å². The van der Waals surface area contributed by atoms with Crippen LogP contribution in [-0.2, 0) is 16.1 Å². The summed E-state index contributed by atoms with van der Waals surface area (Å²) in [5.41, 5.74) is 0.602. The smallest absolute Gasteiger partial charge is 0.240 e. The third kappa shape index (κ3) is 2.76. The molecule has 0 aliphatic carbocycles. The molecular formula is C13H11F2N3O2S. The molecule has 0 radical (unpaired) electrons. The lowest BCUT2D eigenvalue weighted by Crippen LogP contribution is -2.38. The fraction of sp³-hybridized carbons (Fsp3) is 0.308. The zero-order chi connectivity index (χ0) is 15.0. The van der Waals surface area contributed by atoms with Gasteiger partial charge < -0.3 is 9.88 Å². The Morgan fingerprint density at radius 3 is 2.90 bits per heavy atom. The normalized spacial score (nSPS) is 18.4. The Hall–Kier alpha value is -1.96. The van der Waals surface area contributed by atoms with Gasteiger partial charge in [0.15, 0.2) is 11.6 Å². The average molecular weight is 311 g/mol. The Kier molecular flexibility index (Phi) is 3.62. The second-order valence-corrected chi connectivity index (χ2v) is 5.80. The molecule has 110 valence electrons. The summed E-state index contributed by atoms with van der Waals surface area (Å²) in [6, 6.07) is 1.52. The Morgan fingerprint density at radius 1 is 1.43 bits per heavy atom. The van der Waals surface area contributed by atoms with Crippen molar-refractivity contribution in [2.75, 3.05) is 5.75 Å². The number of fused-ring (bicyclic) bond motifs is 1. The van der Waals surface area contributed by atoms with Crippen LogP contribution >= 0.6 is 11.8 Å². The zero-order valence-electron chi connectivity index (χ0n) is 10.8. The van der Waals surface area contributed by atoms with Crippen molar-refractivity contribution in [3.63, 3.8) is 0 Å². The first-order chi connectivity index (χ1) is 10.0. The number of carbonyl (C=O) groups is 2. The maximum atomic E-state index is 13.3. The quantitative estimate of drug-likeness (QED) is 0.932. The molecule has 1 fully saturated rings. The van der Waals surface area contributed by atoms with Crippen molar-refractivity contribution in [1.29, 1.82) is 0 Å². The van der Waals surface area contributed by atoms with E-state index in [9.17, 15) is 18.4 Å². The van der Waals surface area contributed by atoms with Crippen LogP contribution in [0.25, 0.3) is 11.0 Å². The minimum atomic E-state index is -0.993. The summed E-state index contributed by atoms with van der Waals surface area (Å²) in [5.74, 6) is -1.64. The van der Waals surface area contributed by atoms with Crippen molar-refractivity contribution < 1.29 is 18.4 Å². The highest BCUT2D eigenvalue weighted by Gasteiger charge is 2.26. The van der Waals surface area contributed by atoms with Gasteiger partial charge in [-0.2, -0.15) is 0 Å². The maximum Gasteiger partial charge on any atom is 0.240 e. The largest absolute Gasteiger partial charge is 0.344 e. The molecule has 8 heteroatoms. The van der Waals surface area contributed by atoms with Gasteiger partial charge >= 0.3 is 0 Å². The second kappa shape index (κ2) is 5.44. The van der Waals surface area contributed by atoms with Crippen molar-refractivity contribution >= 4 is 33.8 Å². The first kappa shape index (κ1) is 14.0. The number of nitrogens with one attached hydrogen (secondary N) is 1. The van der Waals surface area contributed by atoms with Crippen molar-refractivity contribution in [1.82, 2.24) is 14.9 Å². The lowest BCUT2D eigenvalue weighted by molar-refractivity contribution is -0.124. The molecule has 0 unspecified atom stereocenters.